The number of nitrogens with one attached hydrogen (secondary N) is 1. The van der Waals surface area contributed by atoms with Gasteiger partial charge in [-0.3, -0.25) is 4.79 Å². The van der Waals surface area contributed by atoms with E-state index in [2.05, 4.69) is 5.32 Å². The number of hydrogen-bond acceptors (Lipinski definition) is 5. The van der Waals surface area contributed by atoms with Gasteiger partial charge in [-0.15, -0.1) is 11.3 Å². The van der Waals surface area contributed by atoms with E-state index < -0.39 is 11.9 Å². The molecule has 0 atom stereocenters. The summed E-state index contributed by atoms with van der Waals surface area (Å²) in [4.78, 5) is 24.4. The van der Waals surface area contributed by atoms with Crippen molar-refractivity contribution in [3.8, 4) is 6.07 Å². The van der Waals surface area contributed by atoms with Crippen LogP contribution in [0.25, 0.3) is 6.08 Å². The van der Waals surface area contributed by atoms with Crippen LogP contribution in [-0.4, -0.2) is 18.5 Å². The Balaban J connectivity index is 2.21. The van der Waals surface area contributed by atoms with E-state index in [-0.39, 0.29) is 12.2 Å². The number of anilines is 1. The van der Waals surface area contributed by atoms with Gasteiger partial charge in [0.25, 0.3) is 0 Å². The fourth-order valence-corrected chi connectivity index (χ4v) is 3.61. The van der Waals surface area contributed by atoms with Crippen molar-refractivity contribution in [3.05, 3.63) is 55.9 Å². The van der Waals surface area contributed by atoms with Crippen LogP contribution in [0.3, 0.4) is 0 Å². The van der Waals surface area contributed by atoms with E-state index in [0.717, 1.165) is 11.3 Å². The number of halogens is 2. The van der Waals surface area contributed by atoms with Crippen LogP contribution in [0, 0.1) is 18.3 Å². The molecule has 2 aromatic rings. The van der Waals surface area contributed by atoms with Gasteiger partial charge in [-0.05, 0) is 43.2 Å². The first-order chi connectivity index (χ1) is 12.4. The smallest absolute Gasteiger partial charge is 0.348 e. The largest absolute Gasteiger partial charge is 0.462 e. The molecule has 0 radical (unpaired) electrons. The van der Waals surface area contributed by atoms with Crippen molar-refractivity contribution in [1.29, 1.82) is 5.26 Å². The molecule has 2 rings (SSSR count). The second-order valence-electron chi connectivity index (χ2n) is 5.08. The Morgan fingerprint density at radius 3 is 2.73 bits per heavy atom. The number of carbonyl (C=O) groups excluding carboxylic acids is 2. The summed E-state index contributed by atoms with van der Waals surface area (Å²) in [5, 5.41) is 13.1. The molecular weight excluding hydrogens is 395 g/mol. The second-order valence-corrected chi connectivity index (χ2v) is 6.95. The number of esters is 1. The van der Waals surface area contributed by atoms with E-state index in [0.29, 0.717) is 31.1 Å². The molecular formula is C18H14Cl2N2O3S. The molecule has 0 aliphatic heterocycles. The molecule has 0 aliphatic carbocycles. The first-order valence-electron chi connectivity index (χ1n) is 7.52. The maximum Gasteiger partial charge on any atom is 0.348 e. The van der Waals surface area contributed by atoms with Gasteiger partial charge in [0.1, 0.15) is 15.9 Å². The predicted molar refractivity (Wildman–Crippen MR) is 104 cm³/mol. The van der Waals surface area contributed by atoms with Gasteiger partial charge < -0.3 is 10.1 Å². The third-order valence-corrected chi connectivity index (χ3v) is 5.08. The first kappa shape index (κ1) is 20.0. The predicted octanol–water partition coefficient (Wildman–Crippen LogP) is 5.06. The van der Waals surface area contributed by atoms with Gasteiger partial charge in [0.15, 0.2) is 0 Å². The van der Waals surface area contributed by atoms with Gasteiger partial charge >= 0.3 is 5.97 Å². The summed E-state index contributed by atoms with van der Waals surface area (Å²) < 4.78 is 4.96. The van der Waals surface area contributed by atoms with Crippen LogP contribution < -0.4 is 5.32 Å². The lowest BCUT2D eigenvalue weighted by molar-refractivity contribution is -0.111. The third kappa shape index (κ3) is 4.64. The standard InChI is InChI=1S/C18H14Cl2N2O3S/c1-3-25-18(24)16-10(2)13(9-21)17(26-16)22-15(23)7-5-11-4-6-12(19)8-14(11)20/h4-8H,3H2,1-2H3,(H,22,23). The summed E-state index contributed by atoms with van der Waals surface area (Å²) in [7, 11) is 0. The number of amides is 1. The number of ether oxygens (including phenoxy) is 1. The molecule has 5 nitrogen and oxygen atoms in total. The summed E-state index contributed by atoms with van der Waals surface area (Å²) in [6.45, 7) is 3.56. The molecule has 134 valence electrons. The lowest BCUT2D eigenvalue weighted by Crippen LogP contribution is -2.07. The van der Waals surface area contributed by atoms with Crippen molar-refractivity contribution in [2.75, 3.05) is 11.9 Å². The highest BCUT2D eigenvalue weighted by molar-refractivity contribution is 7.18. The number of benzene rings is 1. The highest BCUT2D eigenvalue weighted by atomic mass is 35.5. The lowest BCUT2D eigenvalue weighted by Gasteiger charge is -2.00. The highest BCUT2D eigenvalue weighted by Crippen LogP contribution is 2.33. The third-order valence-electron chi connectivity index (χ3n) is 3.33. The molecule has 8 heteroatoms. The summed E-state index contributed by atoms with van der Waals surface area (Å²) >= 11 is 12.9. The first-order valence-corrected chi connectivity index (χ1v) is 9.09. The number of rotatable bonds is 5. The van der Waals surface area contributed by atoms with Crippen molar-refractivity contribution in [1.82, 2.24) is 0 Å². The van der Waals surface area contributed by atoms with Crippen LogP contribution >= 0.6 is 34.5 Å². The zero-order valence-electron chi connectivity index (χ0n) is 13.9. The van der Waals surface area contributed by atoms with Crippen LogP contribution in [0.2, 0.25) is 10.0 Å². The topological polar surface area (TPSA) is 79.2 Å². The summed E-state index contributed by atoms with van der Waals surface area (Å²) in [6.07, 6.45) is 2.82. The molecule has 26 heavy (non-hydrogen) atoms. The number of nitrogens with zero attached hydrogens (tertiary/aromatic N) is 1. The number of hydrogen-bond donors (Lipinski definition) is 1. The fourth-order valence-electron chi connectivity index (χ4n) is 2.08. The lowest BCUT2D eigenvalue weighted by atomic mass is 10.1. The van der Waals surface area contributed by atoms with Gasteiger partial charge in [-0.1, -0.05) is 29.3 Å². The Kier molecular flexibility index (Phi) is 6.81. The minimum absolute atomic E-state index is 0.227. The van der Waals surface area contributed by atoms with E-state index in [4.69, 9.17) is 27.9 Å². The Hall–Kier alpha value is -2.33. The quantitative estimate of drug-likeness (QED) is 0.553. The van der Waals surface area contributed by atoms with Crippen molar-refractivity contribution in [3.63, 3.8) is 0 Å². The molecule has 1 aromatic heterocycles. The van der Waals surface area contributed by atoms with Gasteiger partial charge in [-0.25, -0.2) is 4.79 Å². The molecule has 0 spiro atoms. The minimum atomic E-state index is -0.518. The molecule has 1 heterocycles. The maximum atomic E-state index is 12.2. The van der Waals surface area contributed by atoms with E-state index in [1.54, 1.807) is 32.0 Å². The molecule has 1 amide bonds. The normalized spacial score (nSPS) is 10.6. The number of carbonyl (C=O) groups is 2. The van der Waals surface area contributed by atoms with Crippen LogP contribution in [0.4, 0.5) is 5.00 Å². The van der Waals surface area contributed by atoms with Crippen molar-refractivity contribution >= 4 is 57.5 Å². The van der Waals surface area contributed by atoms with E-state index in [1.165, 1.54) is 12.2 Å². The summed E-state index contributed by atoms with van der Waals surface area (Å²) in [5.41, 5.74) is 1.35. The molecule has 0 fully saturated rings. The highest BCUT2D eigenvalue weighted by Gasteiger charge is 2.21. The Bertz CT molecular complexity index is 929. The van der Waals surface area contributed by atoms with Crippen LogP contribution in [0.15, 0.2) is 24.3 Å². The van der Waals surface area contributed by atoms with Crippen LogP contribution in [-0.2, 0) is 9.53 Å². The van der Waals surface area contributed by atoms with E-state index >= 15 is 0 Å². The summed E-state index contributed by atoms with van der Waals surface area (Å²) in [6, 6.07) is 6.92. The average Bonchev–Trinajstić information content (AvgIpc) is 2.89. The summed E-state index contributed by atoms with van der Waals surface area (Å²) in [5.74, 6) is -0.973. The van der Waals surface area contributed by atoms with Crippen LogP contribution in [0.1, 0.15) is 33.3 Å². The van der Waals surface area contributed by atoms with Crippen molar-refractivity contribution in [2.24, 2.45) is 0 Å². The van der Waals surface area contributed by atoms with Gasteiger partial charge in [0, 0.05) is 16.1 Å². The van der Waals surface area contributed by atoms with E-state index in [1.807, 2.05) is 6.07 Å². The molecule has 0 unspecified atom stereocenters. The van der Waals surface area contributed by atoms with Crippen LogP contribution in [0.5, 0.6) is 0 Å². The molecule has 0 saturated carbocycles. The average molecular weight is 409 g/mol. The fraction of sp³-hybridized carbons (Fsp3) is 0.167. The Morgan fingerprint density at radius 2 is 2.12 bits per heavy atom. The van der Waals surface area contributed by atoms with Crippen molar-refractivity contribution in [2.45, 2.75) is 13.8 Å². The molecule has 0 bridgehead atoms. The zero-order valence-corrected chi connectivity index (χ0v) is 16.3. The monoisotopic (exact) mass is 408 g/mol. The Morgan fingerprint density at radius 1 is 1.38 bits per heavy atom. The minimum Gasteiger partial charge on any atom is -0.462 e. The van der Waals surface area contributed by atoms with Gasteiger partial charge in [0.2, 0.25) is 5.91 Å². The maximum absolute atomic E-state index is 12.2. The molecule has 0 aliphatic rings. The molecule has 1 aromatic carbocycles. The number of thiophene rings is 1. The second kappa shape index (κ2) is 8.86. The Labute approximate surface area is 164 Å². The van der Waals surface area contributed by atoms with Gasteiger partial charge in [-0.2, -0.15) is 5.26 Å². The van der Waals surface area contributed by atoms with E-state index in [9.17, 15) is 14.9 Å². The zero-order chi connectivity index (χ0) is 19.3. The SMILES string of the molecule is CCOC(=O)c1sc(NC(=O)C=Cc2ccc(Cl)cc2Cl)c(C#N)c1C. The van der Waals surface area contributed by atoms with Gasteiger partial charge in [0.05, 0.1) is 12.2 Å². The molecule has 1 N–H and O–H groups in total. The number of nitriles is 1. The van der Waals surface area contributed by atoms with Crippen molar-refractivity contribution < 1.29 is 14.3 Å². The molecule has 0 saturated heterocycles.